The number of aromatic amines is 1. The standard InChI is InChI=1S/C22H27N5O2/c1-3-17-12-21(28)26-22(25-17)16-7-9-20(23-13-16)24-14-18(27-10-4-5-11-27)19-8-6-15(2)29-19/h6-9,12-13,18H,3-5,10-11,14H2,1-2H3,(H,23,24)(H,25,26,28)/t18-/m0/s1. The molecule has 7 heteroatoms. The van der Waals surface area contributed by atoms with Gasteiger partial charge in [-0.05, 0) is 63.5 Å². The molecule has 1 atom stereocenters. The zero-order valence-corrected chi connectivity index (χ0v) is 16.9. The molecule has 4 rings (SSSR count). The Balaban J connectivity index is 1.47. The van der Waals surface area contributed by atoms with Crippen LogP contribution in [0.25, 0.3) is 11.4 Å². The van der Waals surface area contributed by atoms with E-state index >= 15 is 0 Å². The first-order valence-electron chi connectivity index (χ1n) is 10.2. The number of hydrogen-bond acceptors (Lipinski definition) is 6. The van der Waals surface area contributed by atoms with Crippen LogP contribution < -0.4 is 10.9 Å². The van der Waals surface area contributed by atoms with Gasteiger partial charge in [0.05, 0.1) is 6.04 Å². The molecule has 1 fully saturated rings. The maximum Gasteiger partial charge on any atom is 0.251 e. The lowest BCUT2D eigenvalue weighted by molar-refractivity contribution is 0.223. The largest absolute Gasteiger partial charge is 0.465 e. The van der Waals surface area contributed by atoms with E-state index in [4.69, 9.17) is 4.42 Å². The Morgan fingerprint density at radius 3 is 2.72 bits per heavy atom. The van der Waals surface area contributed by atoms with Crippen LogP contribution in [0.3, 0.4) is 0 Å². The van der Waals surface area contributed by atoms with Crippen LogP contribution in [0.15, 0.2) is 45.7 Å². The van der Waals surface area contributed by atoms with Crippen LogP contribution in [-0.4, -0.2) is 39.5 Å². The van der Waals surface area contributed by atoms with Crippen LogP contribution in [0.5, 0.6) is 0 Å². The zero-order valence-electron chi connectivity index (χ0n) is 16.9. The van der Waals surface area contributed by atoms with Crippen LogP contribution >= 0.6 is 0 Å². The van der Waals surface area contributed by atoms with Gasteiger partial charge in [-0.2, -0.15) is 0 Å². The molecule has 1 aliphatic rings. The van der Waals surface area contributed by atoms with Gasteiger partial charge in [-0.15, -0.1) is 0 Å². The number of rotatable bonds is 7. The van der Waals surface area contributed by atoms with E-state index in [9.17, 15) is 4.79 Å². The molecule has 0 radical (unpaired) electrons. The fraction of sp³-hybridized carbons (Fsp3) is 0.409. The first-order chi connectivity index (χ1) is 14.1. The second-order valence-electron chi connectivity index (χ2n) is 7.46. The van der Waals surface area contributed by atoms with Gasteiger partial charge in [-0.1, -0.05) is 6.92 Å². The van der Waals surface area contributed by atoms with E-state index in [1.54, 1.807) is 6.20 Å². The van der Waals surface area contributed by atoms with Gasteiger partial charge in [0.2, 0.25) is 0 Å². The quantitative estimate of drug-likeness (QED) is 0.638. The van der Waals surface area contributed by atoms with E-state index in [0.29, 0.717) is 12.2 Å². The van der Waals surface area contributed by atoms with E-state index in [2.05, 4.69) is 31.2 Å². The second kappa shape index (κ2) is 8.61. The molecule has 1 aliphatic heterocycles. The number of pyridine rings is 1. The van der Waals surface area contributed by atoms with Crippen molar-refractivity contribution in [3.05, 3.63) is 64.1 Å². The molecule has 0 bridgehead atoms. The molecule has 3 aromatic heterocycles. The molecule has 3 aromatic rings. The first kappa shape index (κ1) is 19.4. The van der Waals surface area contributed by atoms with Crippen molar-refractivity contribution in [2.45, 2.75) is 39.2 Å². The summed E-state index contributed by atoms with van der Waals surface area (Å²) in [5.74, 6) is 3.26. The molecule has 0 spiro atoms. The highest BCUT2D eigenvalue weighted by Crippen LogP contribution is 2.27. The number of aromatic nitrogens is 3. The molecule has 29 heavy (non-hydrogen) atoms. The minimum absolute atomic E-state index is 0.142. The Kier molecular flexibility index (Phi) is 5.76. The van der Waals surface area contributed by atoms with Crippen LogP contribution in [0.4, 0.5) is 5.82 Å². The van der Waals surface area contributed by atoms with Crippen molar-refractivity contribution >= 4 is 5.82 Å². The molecule has 4 heterocycles. The normalized spacial score (nSPS) is 15.5. The van der Waals surface area contributed by atoms with Crippen molar-refractivity contribution in [2.75, 3.05) is 25.0 Å². The summed E-state index contributed by atoms with van der Waals surface area (Å²) < 4.78 is 5.91. The molecule has 0 aromatic carbocycles. The summed E-state index contributed by atoms with van der Waals surface area (Å²) in [6.45, 7) is 6.86. The van der Waals surface area contributed by atoms with Gasteiger partial charge in [0.1, 0.15) is 23.2 Å². The zero-order chi connectivity index (χ0) is 20.2. The van der Waals surface area contributed by atoms with Gasteiger partial charge in [-0.25, -0.2) is 9.97 Å². The number of aryl methyl sites for hydroxylation is 2. The van der Waals surface area contributed by atoms with Crippen LogP contribution in [0.1, 0.15) is 43.0 Å². The van der Waals surface area contributed by atoms with Crippen molar-refractivity contribution in [2.24, 2.45) is 0 Å². The van der Waals surface area contributed by atoms with Crippen LogP contribution in [0, 0.1) is 6.92 Å². The summed E-state index contributed by atoms with van der Waals surface area (Å²) in [4.78, 5) is 26.1. The van der Waals surface area contributed by atoms with Crippen molar-refractivity contribution in [1.29, 1.82) is 0 Å². The molecular formula is C22H27N5O2. The molecule has 1 saturated heterocycles. The third-order valence-corrected chi connectivity index (χ3v) is 5.34. The van der Waals surface area contributed by atoms with Gasteiger partial charge < -0.3 is 14.7 Å². The van der Waals surface area contributed by atoms with Gasteiger partial charge in [0.15, 0.2) is 0 Å². The number of anilines is 1. The molecule has 0 saturated carbocycles. The fourth-order valence-electron chi connectivity index (χ4n) is 3.76. The molecule has 152 valence electrons. The minimum atomic E-state index is -0.142. The highest BCUT2D eigenvalue weighted by Gasteiger charge is 2.25. The maximum atomic E-state index is 11.8. The monoisotopic (exact) mass is 393 g/mol. The predicted molar refractivity (Wildman–Crippen MR) is 113 cm³/mol. The van der Waals surface area contributed by atoms with Crippen molar-refractivity contribution in [1.82, 2.24) is 19.9 Å². The van der Waals surface area contributed by atoms with Gasteiger partial charge in [-0.3, -0.25) is 9.69 Å². The Labute approximate surface area is 170 Å². The maximum absolute atomic E-state index is 11.8. The van der Waals surface area contributed by atoms with Crippen molar-refractivity contribution in [3.63, 3.8) is 0 Å². The summed E-state index contributed by atoms with van der Waals surface area (Å²) >= 11 is 0. The average molecular weight is 393 g/mol. The fourth-order valence-corrected chi connectivity index (χ4v) is 3.76. The number of hydrogen-bond donors (Lipinski definition) is 2. The number of furan rings is 1. The van der Waals surface area contributed by atoms with Crippen molar-refractivity contribution < 1.29 is 4.42 Å². The molecule has 0 amide bonds. The third kappa shape index (κ3) is 4.56. The highest BCUT2D eigenvalue weighted by molar-refractivity contribution is 5.55. The lowest BCUT2D eigenvalue weighted by Crippen LogP contribution is -2.30. The molecule has 2 N–H and O–H groups in total. The van der Waals surface area contributed by atoms with E-state index < -0.39 is 0 Å². The van der Waals surface area contributed by atoms with Crippen molar-refractivity contribution in [3.8, 4) is 11.4 Å². The van der Waals surface area contributed by atoms with E-state index in [0.717, 1.165) is 48.2 Å². The minimum Gasteiger partial charge on any atom is -0.465 e. The molecule has 7 nitrogen and oxygen atoms in total. The molecule has 0 aliphatic carbocycles. The van der Waals surface area contributed by atoms with Crippen LogP contribution in [0.2, 0.25) is 0 Å². The smallest absolute Gasteiger partial charge is 0.251 e. The van der Waals surface area contributed by atoms with E-state index in [1.165, 1.54) is 18.9 Å². The van der Waals surface area contributed by atoms with Crippen LogP contribution in [-0.2, 0) is 6.42 Å². The number of nitrogens with one attached hydrogen (secondary N) is 2. The highest BCUT2D eigenvalue weighted by atomic mass is 16.3. The lowest BCUT2D eigenvalue weighted by Gasteiger charge is -2.26. The number of nitrogens with zero attached hydrogens (tertiary/aromatic N) is 3. The SMILES string of the molecule is CCc1cc(=O)[nH]c(-c2ccc(NC[C@@H](c3ccc(C)o3)N3CCCC3)nc2)n1. The lowest BCUT2D eigenvalue weighted by atomic mass is 10.2. The van der Waals surface area contributed by atoms with E-state index in [1.807, 2.05) is 32.0 Å². The Morgan fingerprint density at radius 1 is 1.24 bits per heavy atom. The number of H-pyrrole nitrogens is 1. The Morgan fingerprint density at radius 2 is 2.07 bits per heavy atom. The molecular weight excluding hydrogens is 366 g/mol. The average Bonchev–Trinajstić information content (AvgIpc) is 3.41. The first-order valence-corrected chi connectivity index (χ1v) is 10.2. The van der Waals surface area contributed by atoms with E-state index in [-0.39, 0.29) is 11.6 Å². The third-order valence-electron chi connectivity index (χ3n) is 5.34. The van der Waals surface area contributed by atoms with Gasteiger partial charge >= 0.3 is 0 Å². The topological polar surface area (TPSA) is 87.0 Å². The van der Waals surface area contributed by atoms with Gasteiger partial charge in [0.25, 0.3) is 5.56 Å². The number of likely N-dealkylation sites (tertiary alicyclic amines) is 1. The van der Waals surface area contributed by atoms with Gasteiger partial charge in [0, 0.05) is 30.1 Å². The Bertz CT molecular complexity index is 1000. The Hall–Kier alpha value is -2.93. The summed E-state index contributed by atoms with van der Waals surface area (Å²) in [6.07, 6.45) is 4.91. The predicted octanol–water partition coefficient (Wildman–Crippen LogP) is 3.54. The molecule has 0 unspecified atom stereocenters. The summed E-state index contributed by atoms with van der Waals surface area (Å²) in [7, 11) is 0. The summed E-state index contributed by atoms with van der Waals surface area (Å²) in [6, 6.07) is 9.65. The second-order valence-corrected chi connectivity index (χ2v) is 7.46. The summed E-state index contributed by atoms with van der Waals surface area (Å²) in [5.41, 5.74) is 1.42. The summed E-state index contributed by atoms with van der Waals surface area (Å²) in [5, 5.41) is 3.44.